The van der Waals surface area contributed by atoms with E-state index >= 15 is 0 Å². The highest BCUT2D eigenvalue weighted by Crippen LogP contribution is 2.54. The monoisotopic (exact) mass is 449 g/mol. The van der Waals surface area contributed by atoms with E-state index in [1.165, 1.54) is 9.42 Å². The Morgan fingerprint density at radius 1 is 1.18 bits per heavy atom. The summed E-state index contributed by atoms with van der Waals surface area (Å²) in [6.07, 6.45) is 9.94. The van der Waals surface area contributed by atoms with Gasteiger partial charge in [0.2, 0.25) is 5.91 Å². The second-order valence-electron chi connectivity index (χ2n) is 9.36. The summed E-state index contributed by atoms with van der Waals surface area (Å²) in [6.45, 7) is 3.65. The molecule has 33 heavy (non-hydrogen) atoms. The summed E-state index contributed by atoms with van der Waals surface area (Å²) in [6, 6.07) is 2.58. The first kappa shape index (κ1) is 20.3. The molecular formula is C23H24FN7O2. The van der Waals surface area contributed by atoms with Crippen molar-refractivity contribution in [2.75, 3.05) is 24.7 Å². The van der Waals surface area contributed by atoms with E-state index in [4.69, 9.17) is 9.72 Å². The van der Waals surface area contributed by atoms with Crippen LogP contribution in [-0.2, 0) is 9.53 Å². The van der Waals surface area contributed by atoms with Gasteiger partial charge in [0.05, 0.1) is 36.4 Å². The van der Waals surface area contributed by atoms with Crippen LogP contribution < -0.4 is 4.90 Å². The number of anilines is 1. The van der Waals surface area contributed by atoms with Crippen molar-refractivity contribution in [1.29, 1.82) is 5.26 Å². The smallest absolute Gasteiger partial charge is 0.249 e. The summed E-state index contributed by atoms with van der Waals surface area (Å²) < 4.78 is 23.5. The van der Waals surface area contributed by atoms with Crippen molar-refractivity contribution in [2.24, 2.45) is 17.3 Å². The molecule has 2 saturated heterocycles. The van der Waals surface area contributed by atoms with Gasteiger partial charge in [0.15, 0.2) is 11.6 Å². The summed E-state index contributed by atoms with van der Waals surface area (Å²) in [5.74, 6) is -0.749. The molecule has 3 aromatic heterocycles. The van der Waals surface area contributed by atoms with E-state index in [-0.39, 0.29) is 35.1 Å². The molecule has 1 aliphatic carbocycles. The standard InChI is InChI=1S/C23H24FN7O2/c1-14-10-29(22(32)23(14,13-25)16-2-3-16)21-20-18(24)9-27-31(20)12-19(28-21)15-8-26-30(11-15)17-4-6-33-7-5-17/h8-9,11-12,14,16-17H,2-7,10H2,1H3/t14-,23+/m1/s1. The van der Waals surface area contributed by atoms with E-state index in [9.17, 15) is 14.4 Å². The molecule has 170 valence electrons. The number of halogens is 1. The molecule has 2 aliphatic heterocycles. The second kappa shape index (κ2) is 7.35. The SMILES string of the molecule is C[C@@H]1CN(c2nc(-c3cnn(C4CCOCC4)c3)cn3ncc(F)c23)C(=O)[C@]1(C#N)C1CC1. The van der Waals surface area contributed by atoms with Gasteiger partial charge in [-0.3, -0.25) is 14.4 Å². The molecule has 5 heterocycles. The number of aromatic nitrogens is 5. The van der Waals surface area contributed by atoms with Crippen LogP contribution in [0.3, 0.4) is 0 Å². The summed E-state index contributed by atoms with van der Waals surface area (Å²) >= 11 is 0. The Hall–Kier alpha value is -3.32. The molecule has 1 amide bonds. The van der Waals surface area contributed by atoms with Crippen LogP contribution in [0.1, 0.15) is 38.6 Å². The fraction of sp³-hybridized carbons (Fsp3) is 0.522. The first-order valence-electron chi connectivity index (χ1n) is 11.4. The highest BCUT2D eigenvalue weighted by atomic mass is 19.1. The predicted molar refractivity (Wildman–Crippen MR) is 116 cm³/mol. The zero-order valence-electron chi connectivity index (χ0n) is 18.3. The normalized spacial score (nSPS) is 26.3. The van der Waals surface area contributed by atoms with E-state index in [2.05, 4.69) is 16.3 Å². The third kappa shape index (κ3) is 2.99. The maximum Gasteiger partial charge on any atom is 0.249 e. The lowest BCUT2D eigenvalue weighted by Crippen LogP contribution is -2.37. The van der Waals surface area contributed by atoms with Crippen molar-refractivity contribution in [3.8, 4) is 17.3 Å². The summed E-state index contributed by atoms with van der Waals surface area (Å²) in [7, 11) is 0. The Morgan fingerprint density at radius 3 is 2.70 bits per heavy atom. The van der Waals surface area contributed by atoms with E-state index in [0.717, 1.165) is 37.4 Å². The van der Waals surface area contributed by atoms with Gasteiger partial charge in [-0.1, -0.05) is 6.92 Å². The van der Waals surface area contributed by atoms with Crippen molar-refractivity contribution < 1.29 is 13.9 Å². The molecule has 0 unspecified atom stereocenters. The fourth-order valence-corrected chi connectivity index (χ4v) is 5.39. The molecule has 0 aromatic carbocycles. The first-order valence-corrected chi connectivity index (χ1v) is 11.4. The van der Waals surface area contributed by atoms with E-state index < -0.39 is 11.2 Å². The number of ether oxygens (including phenoxy) is 1. The van der Waals surface area contributed by atoms with Crippen LogP contribution >= 0.6 is 0 Å². The van der Waals surface area contributed by atoms with Crippen molar-refractivity contribution >= 4 is 17.2 Å². The molecule has 3 aliphatic rings. The van der Waals surface area contributed by atoms with Gasteiger partial charge in [-0.15, -0.1) is 0 Å². The van der Waals surface area contributed by atoms with Crippen LogP contribution in [0.25, 0.3) is 16.8 Å². The third-order valence-corrected chi connectivity index (χ3v) is 7.39. The quantitative estimate of drug-likeness (QED) is 0.607. The molecular weight excluding hydrogens is 425 g/mol. The van der Waals surface area contributed by atoms with Gasteiger partial charge < -0.3 is 4.74 Å². The van der Waals surface area contributed by atoms with Gasteiger partial charge in [0.1, 0.15) is 10.9 Å². The van der Waals surface area contributed by atoms with Crippen molar-refractivity contribution in [2.45, 2.75) is 38.6 Å². The number of nitrogens with zero attached hydrogens (tertiary/aromatic N) is 7. The molecule has 10 heteroatoms. The Morgan fingerprint density at radius 2 is 1.97 bits per heavy atom. The maximum absolute atomic E-state index is 14.8. The molecule has 0 N–H and O–H groups in total. The van der Waals surface area contributed by atoms with Gasteiger partial charge in [-0.2, -0.15) is 15.5 Å². The second-order valence-corrected chi connectivity index (χ2v) is 9.36. The van der Waals surface area contributed by atoms with Crippen molar-refractivity contribution in [3.63, 3.8) is 0 Å². The molecule has 1 saturated carbocycles. The number of rotatable bonds is 4. The highest BCUT2D eigenvalue weighted by molar-refractivity contribution is 6.04. The number of nitriles is 1. The summed E-state index contributed by atoms with van der Waals surface area (Å²) in [5, 5.41) is 18.6. The third-order valence-electron chi connectivity index (χ3n) is 7.39. The topological polar surface area (TPSA) is 101 Å². The molecule has 3 fully saturated rings. The first-order chi connectivity index (χ1) is 16.0. The number of hydrogen-bond acceptors (Lipinski definition) is 6. The van der Waals surface area contributed by atoms with Crippen LogP contribution in [0, 0.1) is 34.4 Å². The van der Waals surface area contributed by atoms with Crippen molar-refractivity contribution in [1.82, 2.24) is 24.4 Å². The highest BCUT2D eigenvalue weighted by Gasteiger charge is 2.61. The molecule has 0 bridgehead atoms. The largest absolute Gasteiger partial charge is 0.381 e. The van der Waals surface area contributed by atoms with Crippen LogP contribution in [0.5, 0.6) is 0 Å². The minimum absolute atomic E-state index is 0.0571. The Bertz CT molecular complexity index is 1280. The summed E-state index contributed by atoms with van der Waals surface area (Å²) in [4.78, 5) is 19.8. The van der Waals surface area contributed by atoms with Crippen molar-refractivity contribution in [3.05, 3.63) is 30.6 Å². The number of carbonyl (C=O) groups is 1. The van der Waals surface area contributed by atoms with Crippen LogP contribution in [0.4, 0.5) is 10.2 Å². The Balaban J connectivity index is 1.43. The van der Waals surface area contributed by atoms with Crippen LogP contribution in [0.2, 0.25) is 0 Å². The van der Waals surface area contributed by atoms with E-state index in [0.29, 0.717) is 25.5 Å². The molecule has 0 radical (unpaired) electrons. The van der Waals surface area contributed by atoms with Gasteiger partial charge in [-0.05, 0) is 31.6 Å². The lowest BCUT2D eigenvalue weighted by molar-refractivity contribution is -0.124. The average molecular weight is 449 g/mol. The average Bonchev–Trinajstić information content (AvgIpc) is 3.34. The number of hydrogen-bond donors (Lipinski definition) is 0. The number of fused-ring (bicyclic) bond motifs is 1. The zero-order chi connectivity index (χ0) is 22.7. The lowest BCUT2D eigenvalue weighted by atomic mass is 9.75. The van der Waals surface area contributed by atoms with Crippen LogP contribution in [-0.4, -0.2) is 50.0 Å². The van der Waals surface area contributed by atoms with E-state index in [1.807, 2.05) is 17.8 Å². The van der Waals surface area contributed by atoms with Crippen LogP contribution in [0.15, 0.2) is 24.8 Å². The van der Waals surface area contributed by atoms with Gasteiger partial charge >= 0.3 is 0 Å². The van der Waals surface area contributed by atoms with Gasteiger partial charge in [0, 0.05) is 37.4 Å². The Labute approximate surface area is 189 Å². The van der Waals surface area contributed by atoms with Gasteiger partial charge in [-0.25, -0.2) is 13.9 Å². The molecule has 0 spiro atoms. The minimum atomic E-state index is -1.07. The fourth-order valence-electron chi connectivity index (χ4n) is 5.39. The lowest BCUT2D eigenvalue weighted by Gasteiger charge is -2.23. The predicted octanol–water partition coefficient (Wildman–Crippen LogP) is 2.99. The van der Waals surface area contributed by atoms with Gasteiger partial charge in [0.25, 0.3) is 0 Å². The molecule has 3 aromatic rings. The number of carbonyl (C=O) groups excluding carboxylic acids is 1. The number of amides is 1. The zero-order valence-corrected chi connectivity index (χ0v) is 18.3. The molecule has 9 nitrogen and oxygen atoms in total. The summed E-state index contributed by atoms with van der Waals surface area (Å²) in [5.41, 5.74) is 0.369. The maximum atomic E-state index is 14.8. The Kier molecular flexibility index (Phi) is 4.52. The molecule has 2 atom stereocenters. The molecule has 6 rings (SSSR count). The van der Waals surface area contributed by atoms with E-state index in [1.54, 1.807) is 12.4 Å². The minimum Gasteiger partial charge on any atom is -0.381 e.